The fourth-order valence-corrected chi connectivity index (χ4v) is 9.75. The Morgan fingerprint density at radius 1 is 0.459 bits per heavy atom. The van der Waals surface area contributed by atoms with Crippen LogP contribution in [0.1, 0.15) is 13.3 Å². The van der Waals surface area contributed by atoms with E-state index in [0.29, 0.717) is 0 Å². The normalized spacial score (nSPS) is 51.8. The van der Waals surface area contributed by atoms with E-state index >= 15 is 0 Å². The Hall–Kier alpha value is -1.81. The molecule has 74 heavy (non-hydrogen) atoms. The summed E-state index contributed by atoms with van der Waals surface area (Å²) in [6.07, 6.45) is -41.6. The van der Waals surface area contributed by atoms with Gasteiger partial charge in [-0.05, 0) is 6.92 Å². The molecule has 0 amide bonds. The van der Waals surface area contributed by atoms with Gasteiger partial charge in [0.15, 0.2) is 43.3 Å². The highest BCUT2D eigenvalue weighted by atomic mass is 16.8. The second kappa shape index (κ2) is 25.1. The Bertz CT molecular complexity index is 1790. The fraction of sp³-hybridized carbons (Fsp3) is 0.975. The molecule has 0 spiro atoms. The van der Waals surface area contributed by atoms with E-state index < -0.39 is 241 Å². The fourth-order valence-electron chi connectivity index (χ4n) is 9.75. The van der Waals surface area contributed by atoms with Crippen LogP contribution in [0.2, 0.25) is 0 Å². The van der Waals surface area contributed by atoms with Gasteiger partial charge in [0, 0.05) is 0 Å². The predicted molar refractivity (Wildman–Crippen MR) is 232 cm³/mol. The van der Waals surface area contributed by atoms with Crippen LogP contribution in [0.4, 0.5) is 0 Å². The molecule has 6 aliphatic heterocycles. The number of esters is 1. The summed E-state index contributed by atoms with van der Waals surface area (Å²) < 4.78 is 62.5. The number of carbonyl (C=O) groups is 1. The summed E-state index contributed by atoms with van der Waals surface area (Å²) in [5.74, 6) is -1.41. The highest BCUT2D eigenvalue weighted by Crippen LogP contribution is 2.40. The molecule has 0 aromatic heterocycles. The van der Waals surface area contributed by atoms with Gasteiger partial charge in [-0.1, -0.05) is 0 Å². The van der Waals surface area contributed by atoms with Crippen molar-refractivity contribution in [2.45, 2.75) is 202 Å². The monoisotopic (exact) mass is 1090 g/mol. The van der Waals surface area contributed by atoms with Crippen LogP contribution in [0.15, 0.2) is 0 Å². The summed E-state index contributed by atoms with van der Waals surface area (Å²) in [5.41, 5.74) is 31.3. The predicted octanol–water partition coefficient (Wildman–Crippen LogP) is -15.3. The maximum Gasteiger partial charge on any atom is 0.309 e. The first-order valence-electron chi connectivity index (χ1n) is 23.6. The van der Waals surface area contributed by atoms with Crippen LogP contribution in [0.25, 0.3) is 0 Å². The third kappa shape index (κ3) is 11.7. The molecule has 6 saturated heterocycles. The first kappa shape index (κ1) is 61.4. The maximum atomic E-state index is 13.8. The molecular weight excluding hydrogens is 1010 g/mol. The van der Waals surface area contributed by atoms with Gasteiger partial charge in [0.05, 0.1) is 82.3 Å². The average molecular weight is 1090 g/mol. The summed E-state index contributed by atoms with van der Waals surface area (Å²) in [7, 11) is 0. The lowest BCUT2D eigenvalue weighted by Gasteiger charge is -2.52. The van der Waals surface area contributed by atoms with E-state index in [2.05, 4.69) is 0 Å². The van der Waals surface area contributed by atoms with Crippen molar-refractivity contribution in [1.29, 1.82) is 0 Å². The molecule has 0 bridgehead atoms. The Balaban J connectivity index is 1.14. The van der Waals surface area contributed by atoms with E-state index in [-0.39, 0.29) is 0 Å². The molecule has 6 heterocycles. The molecule has 28 N–H and O–H groups in total. The molecule has 34 heteroatoms. The highest BCUT2D eigenvalue weighted by molar-refractivity contribution is 5.71. The lowest BCUT2D eigenvalue weighted by atomic mass is 9.82. The number of hydrogen-bond acceptors (Lipinski definition) is 34. The zero-order valence-corrected chi connectivity index (χ0v) is 39.7. The van der Waals surface area contributed by atoms with Crippen LogP contribution in [0.3, 0.4) is 0 Å². The molecule has 5 unspecified atom stereocenters. The zero-order chi connectivity index (χ0) is 55.0. The topological polar surface area (TPSA) is 598 Å². The van der Waals surface area contributed by atoms with Crippen molar-refractivity contribution in [3.63, 3.8) is 0 Å². The van der Waals surface area contributed by atoms with Gasteiger partial charge >= 0.3 is 5.97 Å². The summed E-state index contributed by atoms with van der Waals surface area (Å²) >= 11 is 0. The van der Waals surface area contributed by atoms with Crippen LogP contribution >= 0.6 is 0 Å². The number of carbonyl (C=O) groups excluding carboxylic acids is 1. The molecule has 34 nitrogen and oxygen atoms in total. The van der Waals surface area contributed by atoms with Crippen molar-refractivity contribution in [2.24, 2.45) is 34.4 Å². The van der Waals surface area contributed by atoms with E-state index in [1.54, 1.807) is 0 Å². The molecule has 0 aromatic rings. The van der Waals surface area contributed by atoms with Gasteiger partial charge < -0.3 is 168 Å². The molecule has 6 fully saturated rings. The number of hydrogen-bond donors (Lipinski definition) is 22. The minimum absolute atomic E-state index is 0.781. The lowest BCUT2D eigenvalue weighted by molar-refractivity contribution is -0.369. The first-order chi connectivity index (χ1) is 34.8. The summed E-state index contributed by atoms with van der Waals surface area (Å²) in [5, 5.41) is 171. The molecule has 6 aliphatic rings. The standard InChI is InChI=1S/C40H74N6O28/c1-9(40(8-52)32(61)26(59)20(46)38(74-40)72-30-13(6-50)68-36(18(44)24(30)57)70-28-11(4-48)66-34(63)16(42)22(28)55)64-14(53)2-39(7-51)31(60)25(58)19(45)37(73-39)71-29-12(5-49)67-35(17(43)23(29)56)69-27-10(3-47)65-33(62)15(41)21(27)54/h9-13,15-38,47-52,54-63H,2-8,41-46H2,1H3/t9?,10-,11-,12-,13-,15-,16-,17-,18-,19-,20-,21-,22-,23-,24-,25-,26-,27?,28?,29?,30?,31+,32+,33-,34-,35+,36+,37+,38+,39-,40+/m1/s1. The van der Waals surface area contributed by atoms with Gasteiger partial charge in [0.2, 0.25) is 0 Å². The number of aliphatic hydroxyl groups is 16. The molecule has 6 rings (SSSR count). The van der Waals surface area contributed by atoms with Gasteiger partial charge in [0.25, 0.3) is 0 Å². The van der Waals surface area contributed by atoms with Gasteiger partial charge in [-0.3, -0.25) is 4.79 Å². The summed E-state index contributed by atoms with van der Waals surface area (Å²) in [6, 6.07) is -9.48. The van der Waals surface area contributed by atoms with Crippen molar-refractivity contribution in [2.75, 3.05) is 39.6 Å². The van der Waals surface area contributed by atoms with Crippen molar-refractivity contribution in [3.8, 4) is 0 Å². The number of rotatable bonds is 18. The minimum atomic E-state index is -2.57. The Labute approximate surface area is 420 Å². The quantitative estimate of drug-likeness (QED) is 0.0567. The summed E-state index contributed by atoms with van der Waals surface area (Å²) in [6.45, 7) is -4.92. The van der Waals surface area contributed by atoms with Crippen molar-refractivity contribution >= 4 is 5.97 Å². The van der Waals surface area contributed by atoms with Crippen LogP contribution in [0, 0.1) is 0 Å². The second-order valence-electron chi connectivity index (χ2n) is 19.3. The van der Waals surface area contributed by atoms with E-state index in [1.165, 1.54) is 0 Å². The number of ether oxygens (including phenoxy) is 11. The summed E-state index contributed by atoms with van der Waals surface area (Å²) in [4.78, 5) is 13.8. The van der Waals surface area contributed by atoms with Gasteiger partial charge in [-0.2, -0.15) is 0 Å². The van der Waals surface area contributed by atoms with Gasteiger partial charge in [0.1, 0.15) is 109 Å². The first-order valence-corrected chi connectivity index (χ1v) is 23.6. The SMILES string of the molecule is CC(OC(=O)C[C@]1(CO)O[C@H](OC2[C@@H](CO)O[C@@H](OC3[C@@H](CO)O[C@@H](O)[C@H](N)[C@H]3O)[C@H](N)[C@H]2O)[C@H](N)[C@@H](O)[C@@H]1O)[C@]1(CO)O[C@H](OC2[C@@H](CO)O[C@@H](OC3[C@@H](CO)O[C@@H](O)[C@H](N)[C@H]3O)[C@H](N)[C@H]2O)[C@H](N)[C@@H](O)[C@@H]1O. The average Bonchev–Trinajstić information content (AvgIpc) is 3.38. The Kier molecular flexibility index (Phi) is 20.8. The van der Waals surface area contributed by atoms with Crippen LogP contribution in [-0.2, 0) is 56.9 Å². The van der Waals surface area contributed by atoms with E-state index in [9.17, 15) is 86.5 Å². The molecule has 432 valence electrons. The maximum absolute atomic E-state index is 13.8. The number of aliphatic hydroxyl groups excluding tert-OH is 16. The van der Waals surface area contributed by atoms with E-state index in [0.717, 1.165) is 6.92 Å². The number of nitrogens with two attached hydrogens (primary N) is 6. The smallest absolute Gasteiger partial charge is 0.309 e. The molecule has 31 atom stereocenters. The third-order valence-corrected chi connectivity index (χ3v) is 14.6. The Morgan fingerprint density at radius 2 is 0.797 bits per heavy atom. The lowest BCUT2D eigenvalue weighted by Crippen LogP contribution is -2.74. The molecule has 0 saturated carbocycles. The zero-order valence-electron chi connectivity index (χ0n) is 39.7. The third-order valence-electron chi connectivity index (χ3n) is 14.6. The van der Waals surface area contributed by atoms with Crippen LogP contribution < -0.4 is 34.4 Å². The Morgan fingerprint density at radius 3 is 1.18 bits per heavy atom. The van der Waals surface area contributed by atoms with Crippen LogP contribution in [-0.4, -0.2) is 316 Å². The molecule has 0 aliphatic carbocycles. The highest BCUT2D eigenvalue weighted by Gasteiger charge is 2.61. The molecule has 0 radical (unpaired) electrons. The molecule has 0 aromatic carbocycles. The van der Waals surface area contributed by atoms with Crippen LogP contribution in [0.5, 0.6) is 0 Å². The minimum Gasteiger partial charge on any atom is -0.459 e. The van der Waals surface area contributed by atoms with E-state index in [1.807, 2.05) is 0 Å². The largest absolute Gasteiger partial charge is 0.459 e. The van der Waals surface area contributed by atoms with Crippen molar-refractivity contribution < 1.29 is 139 Å². The van der Waals surface area contributed by atoms with E-state index in [4.69, 9.17) is 86.5 Å². The van der Waals surface area contributed by atoms with Gasteiger partial charge in [-0.25, -0.2) is 0 Å². The second-order valence-corrected chi connectivity index (χ2v) is 19.3. The molecular formula is C40H74N6O28. The van der Waals surface area contributed by atoms with Crippen molar-refractivity contribution in [1.82, 2.24) is 0 Å². The van der Waals surface area contributed by atoms with Gasteiger partial charge in [-0.15, -0.1) is 0 Å². The van der Waals surface area contributed by atoms with Crippen molar-refractivity contribution in [3.05, 3.63) is 0 Å².